The van der Waals surface area contributed by atoms with Crippen LogP contribution in [-0.2, 0) is 12.7 Å². The van der Waals surface area contributed by atoms with Gasteiger partial charge in [0.1, 0.15) is 5.54 Å². The van der Waals surface area contributed by atoms with E-state index in [0.29, 0.717) is 12.5 Å². The molecule has 0 radical (unpaired) electrons. The first-order chi connectivity index (χ1) is 8.82. The molecule has 2 rings (SSSR count). The van der Waals surface area contributed by atoms with E-state index in [-0.39, 0.29) is 6.54 Å². The van der Waals surface area contributed by atoms with Gasteiger partial charge < -0.3 is 0 Å². The molecule has 1 unspecified atom stereocenters. The van der Waals surface area contributed by atoms with Gasteiger partial charge in [-0.2, -0.15) is 23.5 Å². The van der Waals surface area contributed by atoms with Crippen LogP contribution in [0.3, 0.4) is 0 Å². The Labute approximate surface area is 109 Å². The number of aromatic nitrogens is 2. The molecule has 104 valence electrons. The largest absolute Gasteiger partial charge is 0.435 e. The molecule has 1 aromatic rings. The standard InChI is InChI=1S/C12H15F3N4/c1-11(8-16,17-9-2-3-9)5-7-19-6-4-10(18-19)12(13,14)15/h4,6,9,17H,2-3,5,7H2,1H3. The van der Waals surface area contributed by atoms with Crippen molar-refractivity contribution >= 4 is 0 Å². The van der Waals surface area contributed by atoms with E-state index in [1.165, 1.54) is 10.9 Å². The third-order valence-corrected chi connectivity index (χ3v) is 3.12. The van der Waals surface area contributed by atoms with E-state index in [0.717, 1.165) is 18.9 Å². The minimum atomic E-state index is -4.42. The molecule has 1 fully saturated rings. The Morgan fingerprint density at radius 3 is 2.68 bits per heavy atom. The Morgan fingerprint density at radius 2 is 2.21 bits per heavy atom. The smallest absolute Gasteiger partial charge is 0.297 e. The van der Waals surface area contributed by atoms with E-state index < -0.39 is 17.4 Å². The zero-order valence-electron chi connectivity index (χ0n) is 10.5. The molecule has 0 bridgehead atoms. The van der Waals surface area contributed by atoms with Crippen LogP contribution in [0.4, 0.5) is 13.2 Å². The minimum absolute atomic E-state index is 0.278. The first-order valence-electron chi connectivity index (χ1n) is 6.12. The molecule has 0 aromatic carbocycles. The number of nitrogens with zero attached hydrogens (tertiary/aromatic N) is 3. The number of nitrogens with one attached hydrogen (secondary N) is 1. The Bertz CT molecular complexity index is 484. The highest BCUT2D eigenvalue weighted by Crippen LogP contribution is 2.27. The van der Waals surface area contributed by atoms with Gasteiger partial charge in [0, 0.05) is 18.8 Å². The number of hydrogen-bond donors (Lipinski definition) is 1. The lowest BCUT2D eigenvalue weighted by atomic mass is 10.00. The summed E-state index contributed by atoms with van der Waals surface area (Å²) < 4.78 is 38.4. The molecule has 1 heterocycles. The molecule has 1 aromatic heterocycles. The molecule has 1 atom stereocenters. The highest BCUT2D eigenvalue weighted by atomic mass is 19.4. The van der Waals surface area contributed by atoms with Gasteiger partial charge in [0.05, 0.1) is 6.07 Å². The maximum atomic E-state index is 12.4. The molecule has 1 saturated carbocycles. The normalized spacial score (nSPS) is 18.9. The average Bonchev–Trinajstić information content (AvgIpc) is 2.99. The molecule has 1 aliphatic carbocycles. The van der Waals surface area contributed by atoms with Gasteiger partial charge in [-0.25, -0.2) is 0 Å². The van der Waals surface area contributed by atoms with Gasteiger partial charge in [-0.1, -0.05) is 0 Å². The Hall–Kier alpha value is -1.55. The summed E-state index contributed by atoms with van der Waals surface area (Å²) >= 11 is 0. The molecule has 1 N–H and O–H groups in total. The summed E-state index contributed by atoms with van der Waals surface area (Å²) in [6, 6.07) is 3.49. The van der Waals surface area contributed by atoms with Crippen molar-refractivity contribution < 1.29 is 13.2 Å². The molecule has 4 nitrogen and oxygen atoms in total. The second-order valence-electron chi connectivity index (χ2n) is 5.07. The quantitative estimate of drug-likeness (QED) is 0.895. The minimum Gasteiger partial charge on any atom is -0.297 e. The zero-order valence-corrected chi connectivity index (χ0v) is 10.5. The van der Waals surface area contributed by atoms with Crippen LogP contribution in [0.5, 0.6) is 0 Å². The van der Waals surface area contributed by atoms with Crippen LogP contribution in [0.1, 0.15) is 31.9 Å². The summed E-state index contributed by atoms with van der Waals surface area (Å²) in [5, 5.41) is 15.8. The monoisotopic (exact) mass is 272 g/mol. The molecular weight excluding hydrogens is 257 g/mol. The number of alkyl halides is 3. The molecule has 7 heteroatoms. The maximum Gasteiger partial charge on any atom is 0.435 e. The fourth-order valence-electron chi connectivity index (χ4n) is 1.81. The predicted octanol–water partition coefficient (Wildman–Crippen LogP) is 2.33. The van der Waals surface area contributed by atoms with Crippen molar-refractivity contribution in [2.45, 2.75) is 50.5 Å². The SMILES string of the molecule is CC(C#N)(CCn1ccc(C(F)(F)F)n1)NC1CC1. The van der Waals surface area contributed by atoms with Crippen LogP contribution in [0.15, 0.2) is 12.3 Å². The zero-order chi connectivity index (χ0) is 14.1. The van der Waals surface area contributed by atoms with E-state index in [4.69, 9.17) is 5.26 Å². The van der Waals surface area contributed by atoms with Crippen LogP contribution >= 0.6 is 0 Å². The summed E-state index contributed by atoms with van der Waals surface area (Å²) in [6.07, 6.45) is -0.610. The summed E-state index contributed by atoms with van der Waals surface area (Å²) in [5.74, 6) is 0. The molecule has 19 heavy (non-hydrogen) atoms. The van der Waals surface area contributed by atoms with Crippen molar-refractivity contribution in [3.63, 3.8) is 0 Å². The Kier molecular flexibility index (Phi) is 3.54. The molecular formula is C12H15F3N4. The number of hydrogen-bond acceptors (Lipinski definition) is 3. The van der Waals surface area contributed by atoms with Gasteiger partial charge in [0.2, 0.25) is 0 Å². The fraction of sp³-hybridized carbons (Fsp3) is 0.667. The summed E-state index contributed by atoms with van der Waals surface area (Å²) in [4.78, 5) is 0. The van der Waals surface area contributed by atoms with Crippen molar-refractivity contribution in [3.8, 4) is 6.07 Å². The molecule has 0 amide bonds. The summed E-state index contributed by atoms with van der Waals surface area (Å²) in [6.45, 7) is 2.04. The highest BCUT2D eigenvalue weighted by Gasteiger charge is 2.34. The van der Waals surface area contributed by atoms with Gasteiger partial charge in [-0.3, -0.25) is 10.00 Å². The lowest BCUT2D eigenvalue weighted by Gasteiger charge is -2.23. The number of nitriles is 1. The third-order valence-electron chi connectivity index (χ3n) is 3.12. The van der Waals surface area contributed by atoms with Crippen LogP contribution in [0.25, 0.3) is 0 Å². The number of aryl methyl sites for hydroxylation is 1. The summed E-state index contributed by atoms with van der Waals surface area (Å²) in [5.41, 5.74) is -1.62. The van der Waals surface area contributed by atoms with E-state index >= 15 is 0 Å². The van der Waals surface area contributed by atoms with Crippen molar-refractivity contribution in [2.75, 3.05) is 0 Å². The van der Waals surface area contributed by atoms with E-state index in [1.807, 2.05) is 0 Å². The molecule has 1 aliphatic rings. The molecule has 0 saturated heterocycles. The third kappa shape index (κ3) is 3.70. The second-order valence-corrected chi connectivity index (χ2v) is 5.07. The van der Waals surface area contributed by atoms with Gasteiger partial charge in [0.15, 0.2) is 5.69 Å². The number of halogens is 3. The van der Waals surface area contributed by atoms with Crippen LogP contribution in [0, 0.1) is 11.3 Å². The maximum absolute atomic E-state index is 12.4. The van der Waals surface area contributed by atoms with Gasteiger partial charge in [-0.15, -0.1) is 0 Å². The van der Waals surface area contributed by atoms with Gasteiger partial charge >= 0.3 is 6.18 Å². The first-order valence-corrected chi connectivity index (χ1v) is 6.12. The lowest BCUT2D eigenvalue weighted by Crippen LogP contribution is -2.43. The van der Waals surface area contributed by atoms with Crippen molar-refractivity contribution in [3.05, 3.63) is 18.0 Å². The van der Waals surface area contributed by atoms with Crippen molar-refractivity contribution in [2.24, 2.45) is 0 Å². The topological polar surface area (TPSA) is 53.6 Å². The first kappa shape index (κ1) is 13.9. The highest BCUT2D eigenvalue weighted by molar-refractivity contribution is 5.08. The molecule has 0 aliphatic heterocycles. The summed E-state index contributed by atoms with van der Waals surface area (Å²) in [7, 11) is 0. The fourth-order valence-corrected chi connectivity index (χ4v) is 1.81. The van der Waals surface area contributed by atoms with E-state index in [9.17, 15) is 13.2 Å². The van der Waals surface area contributed by atoms with E-state index in [2.05, 4.69) is 16.5 Å². The molecule has 0 spiro atoms. The van der Waals surface area contributed by atoms with Crippen molar-refractivity contribution in [1.82, 2.24) is 15.1 Å². The van der Waals surface area contributed by atoms with Crippen LogP contribution < -0.4 is 5.32 Å². The van der Waals surface area contributed by atoms with E-state index in [1.54, 1.807) is 6.92 Å². The lowest BCUT2D eigenvalue weighted by molar-refractivity contribution is -0.141. The Morgan fingerprint density at radius 1 is 1.53 bits per heavy atom. The number of rotatable bonds is 5. The van der Waals surface area contributed by atoms with Gasteiger partial charge in [-0.05, 0) is 32.3 Å². The van der Waals surface area contributed by atoms with Crippen LogP contribution in [-0.4, -0.2) is 21.4 Å². The Balaban J connectivity index is 1.94. The second kappa shape index (κ2) is 4.85. The average molecular weight is 272 g/mol. The van der Waals surface area contributed by atoms with Crippen molar-refractivity contribution in [1.29, 1.82) is 5.26 Å². The predicted molar refractivity (Wildman–Crippen MR) is 62.0 cm³/mol. The van der Waals surface area contributed by atoms with Crippen LogP contribution in [0.2, 0.25) is 0 Å². The van der Waals surface area contributed by atoms with Gasteiger partial charge in [0.25, 0.3) is 0 Å².